The van der Waals surface area contributed by atoms with Crippen molar-refractivity contribution >= 4 is 49.8 Å². The van der Waals surface area contributed by atoms with Crippen LogP contribution in [-0.2, 0) is 10.8 Å². The van der Waals surface area contributed by atoms with E-state index in [-0.39, 0.29) is 10.8 Å². The van der Waals surface area contributed by atoms with Crippen molar-refractivity contribution in [3.05, 3.63) is 210 Å². The Morgan fingerprint density at radius 2 is 1.17 bits per heavy atom. The van der Waals surface area contributed by atoms with Gasteiger partial charge in [-0.3, -0.25) is 0 Å². The number of furan rings is 1. The lowest BCUT2D eigenvalue weighted by Gasteiger charge is -2.37. The first-order valence-electron chi connectivity index (χ1n) is 23.3. The Morgan fingerprint density at radius 1 is 0.484 bits per heavy atom. The Balaban J connectivity index is 0.939. The lowest BCUT2D eigenvalue weighted by molar-refractivity contribution is 0.327. The number of hydrogen-bond acceptors (Lipinski definition) is 2. The van der Waals surface area contributed by atoms with Crippen molar-refractivity contribution in [2.24, 2.45) is 11.8 Å². The van der Waals surface area contributed by atoms with Crippen molar-refractivity contribution in [2.75, 3.05) is 4.90 Å². The smallest absolute Gasteiger partial charge is 0.143 e. The van der Waals surface area contributed by atoms with Crippen molar-refractivity contribution < 1.29 is 4.42 Å². The van der Waals surface area contributed by atoms with Crippen LogP contribution in [0, 0.1) is 11.8 Å². The molecule has 0 saturated heterocycles. The highest BCUT2D eigenvalue weighted by atomic mass is 16.3. The van der Waals surface area contributed by atoms with Crippen LogP contribution < -0.4 is 4.90 Å². The minimum atomic E-state index is -0.117. The molecule has 4 aliphatic rings. The average Bonchev–Trinajstić information content (AvgIpc) is 4.16. The molecule has 2 bridgehead atoms. The molecule has 64 heavy (non-hydrogen) atoms. The molecule has 3 unspecified atom stereocenters. The van der Waals surface area contributed by atoms with Gasteiger partial charge in [0.15, 0.2) is 0 Å². The first-order chi connectivity index (χ1) is 31.5. The van der Waals surface area contributed by atoms with Crippen LogP contribution in [0.2, 0.25) is 0 Å². The molecule has 0 N–H and O–H groups in total. The van der Waals surface area contributed by atoms with Gasteiger partial charge in [0.2, 0.25) is 0 Å². The van der Waals surface area contributed by atoms with E-state index >= 15 is 0 Å². The Morgan fingerprint density at radius 3 is 2.02 bits per heavy atom. The lowest BCUT2D eigenvalue weighted by atomic mass is 9.67. The van der Waals surface area contributed by atoms with E-state index in [4.69, 9.17) is 4.42 Å². The van der Waals surface area contributed by atoms with E-state index in [0.717, 1.165) is 44.6 Å². The molecule has 0 radical (unpaired) electrons. The van der Waals surface area contributed by atoms with Crippen molar-refractivity contribution in [3.63, 3.8) is 0 Å². The van der Waals surface area contributed by atoms with Gasteiger partial charge in [0.1, 0.15) is 11.2 Å². The maximum atomic E-state index is 6.62. The summed E-state index contributed by atoms with van der Waals surface area (Å²) in [6.07, 6.45) is 5.31. The fourth-order valence-electron chi connectivity index (χ4n) is 13.4. The molecule has 9 aromatic carbocycles. The third-order valence-electron chi connectivity index (χ3n) is 16.1. The first kappa shape index (κ1) is 36.3. The zero-order valence-electron chi connectivity index (χ0n) is 36.2. The number of benzene rings is 9. The normalized spacial score (nSPS) is 19.7. The van der Waals surface area contributed by atoms with Crippen molar-refractivity contribution in [2.45, 2.75) is 50.4 Å². The zero-order chi connectivity index (χ0) is 42.3. The number of rotatable bonds is 5. The molecule has 0 amide bonds. The van der Waals surface area contributed by atoms with E-state index in [9.17, 15) is 0 Å². The minimum absolute atomic E-state index is 0.0881. The van der Waals surface area contributed by atoms with Gasteiger partial charge in [0.05, 0.1) is 0 Å². The third kappa shape index (κ3) is 4.92. The Hall–Kier alpha value is -7.16. The highest BCUT2D eigenvalue weighted by Gasteiger charge is 2.56. The molecule has 2 heteroatoms. The standard InChI is InChI=1S/C62H47NO/c1-61(2)54-21-7-5-17-50(54)52-20-10-19-47(59(52)61)41-13-9-14-44(35-41)63(45-31-33-51-49-16-6-8-22-55(49)62(56(51)36-45)37-38-24-28-42(62)34-38)43-29-25-40(26-30-43)46-18-11-23-57-58(46)53-32-27-39-12-3-4-15-48(39)60(53)64-57/h3-23,25-27,29-33,35-36,38,42H,24,28,34,37H2,1-2H3. The third-order valence-corrected chi connectivity index (χ3v) is 16.1. The van der Waals surface area contributed by atoms with Crippen molar-refractivity contribution in [1.29, 1.82) is 0 Å². The van der Waals surface area contributed by atoms with Gasteiger partial charge < -0.3 is 9.32 Å². The van der Waals surface area contributed by atoms with E-state index < -0.39 is 0 Å². The molecule has 306 valence electrons. The monoisotopic (exact) mass is 821 g/mol. The topological polar surface area (TPSA) is 16.4 Å². The fraction of sp³-hybridized carbons (Fsp3) is 0.161. The zero-order valence-corrected chi connectivity index (χ0v) is 36.2. The van der Waals surface area contributed by atoms with Crippen molar-refractivity contribution in [3.8, 4) is 44.5 Å². The van der Waals surface area contributed by atoms with Crippen LogP contribution in [0.3, 0.4) is 0 Å². The Labute approximate surface area is 374 Å². The number of nitrogens with zero attached hydrogens (tertiary/aromatic N) is 1. The van der Waals surface area contributed by atoms with E-state index in [1.165, 1.54) is 98.0 Å². The molecule has 0 aliphatic heterocycles. The summed E-state index contributed by atoms with van der Waals surface area (Å²) in [4.78, 5) is 2.51. The fourth-order valence-corrected chi connectivity index (χ4v) is 13.4. The molecule has 10 aromatic rings. The van der Waals surface area contributed by atoms with Gasteiger partial charge >= 0.3 is 0 Å². The average molecular weight is 822 g/mol. The molecule has 14 rings (SSSR count). The summed E-state index contributed by atoms with van der Waals surface area (Å²) in [5.41, 5.74) is 21.7. The maximum absolute atomic E-state index is 6.62. The molecule has 4 aliphatic carbocycles. The van der Waals surface area contributed by atoms with Gasteiger partial charge in [-0.1, -0.05) is 160 Å². The van der Waals surface area contributed by atoms with Gasteiger partial charge in [0, 0.05) is 44.1 Å². The van der Waals surface area contributed by atoms with Gasteiger partial charge in [-0.2, -0.15) is 0 Å². The quantitative estimate of drug-likeness (QED) is 0.172. The summed E-state index contributed by atoms with van der Waals surface area (Å²) >= 11 is 0. The van der Waals surface area contributed by atoms with Gasteiger partial charge in [-0.25, -0.2) is 0 Å². The first-order valence-corrected chi connectivity index (χ1v) is 23.3. The van der Waals surface area contributed by atoms with Crippen LogP contribution in [0.25, 0.3) is 77.2 Å². The number of fused-ring (bicyclic) bond motifs is 16. The summed E-state index contributed by atoms with van der Waals surface area (Å²) in [6.45, 7) is 4.78. The van der Waals surface area contributed by atoms with Crippen LogP contribution in [0.4, 0.5) is 17.1 Å². The van der Waals surface area contributed by atoms with Crippen LogP contribution in [0.1, 0.15) is 61.8 Å². The van der Waals surface area contributed by atoms with E-state index in [1.807, 2.05) is 0 Å². The molecule has 1 heterocycles. The highest BCUT2D eigenvalue weighted by molar-refractivity contribution is 6.19. The highest BCUT2D eigenvalue weighted by Crippen LogP contribution is 2.66. The molecule has 2 fully saturated rings. The second-order valence-electron chi connectivity index (χ2n) is 19.6. The summed E-state index contributed by atoms with van der Waals surface area (Å²) in [6, 6.07) is 70.6. The van der Waals surface area contributed by atoms with E-state index in [2.05, 4.69) is 207 Å². The SMILES string of the molecule is CC1(C)c2ccccc2-c2cccc(-c3cccc(N(c4ccc(-c5cccc6oc7c8ccccc8ccc7c56)cc4)c4ccc5c(c4)C4(CC6CCC4C6)c4ccccc4-5)c3)c21. The summed E-state index contributed by atoms with van der Waals surface area (Å²) in [5.74, 6) is 1.50. The van der Waals surface area contributed by atoms with Gasteiger partial charge in [-0.15, -0.1) is 0 Å². The van der Waals surface area contributed by atoms with Crippen LogP contribution in [0.5, 0.6) is 0 Å². The van der Waals surface area contributed by atoms with Crippen LogP contribution >= 0.6 is 0 Å². The predicted octanol–water partition coefficient (Wildman–Crippen LogP) is 16.9. The lowest BCUT2D eigenvalue weighted by Crippen LogP contribution is -2.32. The van der Waals surface area contributed by atoms with E-state index in [1.54, 1.807) is 5.56 Å². The van der Waals surface area contributed by atoms with Crippen LogP contribution in [0.15, 0.2) is 192 Å². The number of anilines is 3. The Bertz CT molecular complexity index is 3570. The second kappa shape index (κ2) is 13.2. The van der Waals surface area contributed by atoms with Crippen LogP contribution in [-0.4, -0.2) is 0 Å². The van der Waals surface area contributed by atoms with E-state index in [0.29, 0.717) is 5.92 Å². The summed E-state index contributed by atoms with van der Waals surface area (Å²) in [7, 11) is 0. The molecular formula is C62H47NO. The molecule has 1 aromatic heterocycles. The second-order valence-corrected chi connectivity index (χ2v) is 19.6. The predicted molar refractivity (Wildman–Crippen MR) is 266 cm³/mol. The summed E-state index contributed by atoms with van der Waals surface area (Å²) in [5, 5.41) is 4.65. The molecule has 2 nitrogen and oxygen atoms in total. The molecule has 2 saturated carbocycles. The molecule has 1 spiro atoms. The molecular weight excluding hydrogens is 775 g/mol. The Kier molecular flexibility index (Phi) is 7.49. The summed E-state index contributed by atoms with van der Waals surface area (Å²) < 4.78 is 6.62. The minimum Gasteiger partial charge on any atom is -0.455 e. The van der Waals surface area contributed by atoms with Gasteiger partial charge in [0.25, 0.3) is 0 Å². The van der Waals surface area contributed by atoms with Gasteiger partial charge in [-0.05, 0) is 152 Å². The number of hydrogen-bond donors (Lipinski definition) is 0. The largest absolute Gasteiger partial charge is 0.455 e. The molecule has 3 atom stereocenters. The maximum Gasteiger partial charge on any atom is 0.143 e. The van der Waals surface area contributed by atoms with Crippen molar-refractivity contribution in [1.82, 2.24) is 0 Å².